The van der Waals surface area contributed by atoms with Crippen molar-refractivity contribution in [2.45, 2.75) is 31.5 Å². The number of anilines is 1. The van der Waals surface area contributed by atoms with Gasteiger partial charge in [-0.2, -0.15) is 0 Å². The van der Waals surface area contributed by atoms with Crippen LogP contribution in [0.4, 0.5) is 14.9 Å². The zero-order valence-corrected chi connectivity index (χ0v) is 11.7. The fourth-order valence-corrected chi connectivity index (χ4v) is 2.25. The SMILES string of the molecule is O=C(NCc1cn(C2CC(O)C2)nn1)Nc1ccccc1F. The van der Waals surface area contributed by atoms with Crippen LogP contribution in [-0.4, -0.2) is 32.2 Å². The van der Waals surface area contributed by atoms with Crippen molar-refractivity contribution in [3.05, 3.63) is 42.0 Å². The third kappa shape index (κ3) is 3.22. The Morgan fingerprint density at radius 3 is 2.91 bits per heavy atom. The summed E-state index contributed by atoms with van der Waals surface area (Å²) in [6.07, 6.45) is 2.82. The molecule has 8 heteroatoms. The van der Waals surface area contributed by atoms with Crippen molar-refractivity contribution < 1.29 is 14.3 Å². The molecule has 1 aromatic heterocycles. The molecular weight excluding hydrogens is 289 g/mol. The summed E-state index contributed by atoms with van der Waals surface area (Å²) >= 11 is 0. The lowest BCUT2D eigenvalue weighted by molar-refractivity contribution is 0.0426. The minimum Gasteiger partial charge on any atom is -0.393 e. The molecule has 2 amide bonds. The van der Waals surface area contributed by atoms with Gasteiger partial charge in [0.05, 0.1) is 30.6 Å². The van der Waals surface area contributed by atoms with Gasteiger partial charge in [-0.1, -0.05) is 17.3 Å². The molecule has 3 rings (SSSR count). The summed E-state index contributed by atoms with van der Waals surface area (Å²) in [6.45, 7) is 0.190. The number of para-hydroxylation sites is 1. The minimum atomic E-state index is -0.515. The second-order valence-electron chi connectivity index (χ2n) is 5.26. The molecule has 0 spiro atoms. The first-order chi connectivity index (χ1) is 10.6. The van der Waals surface area contributed by atoms with Crippen molar-refractivity contribution in [3.63, 3.8) is 0 Å². The predicted molar refractivity (Wildman–Crippen MR) is 76.6 cm³/mol. The van der Waals surface area contributed by atoms with Crippen molar-refractivity contribution >= 4 is 11.7 Å². The van der Waals surface area contributed by atoms with Crippen LogP contribution in [0, 0.1) is 5.82 Å². The van der Waals surface area contributed by atoms with Crippen molar-refractivity contribution in [3.8, 4) is 0 Å². The molecule has 1 fully saturated rings. The van der Waals surface area contributed by atoms with E-state index in [4.69, 9.17) is 0 Å². The topological polar surface area (TPSA) is 92.1 Å². The average molecular weight is 305 g/mol. The molecule has 2 aromatic rings. The van der Waals surface area contributed by atoms with E-state index in [1.165, 1.54) is 12.1 Å². The van der Waals surface area contributed by atoms with E-state index in [2.05, 4.69) is 20.9 Å². The van der Waals surface area contributed by atoms with Gasteiger partial charge in [0.15, 0.2) is 0 Å². The number of halogens is 1. The van der Waals surface area contributed by atoms with Crippen molar-refractivity contribution in [2.75, 3.05) is 5.32 Å². The normalized spacial score (nSPS) is 20.3. The third-order valence-corrected chi connectivity index (χ3v) is 3.57. The van der Waals surface area contributed by atoms with Crippen LogP contribution in [0.2, 0.25) is 0 Å². The summed E-state index contributed by atoms with van der Waals surface area (Å²) in [5, 5.41) is 22.2. The molecule has 1 aliphatic rings. The Bertz CT molecular complexity index is 669. The van der Waals surface area contributed by atoms with Crippen molar-refractivity contribution in [1.29, 1.82) is 0 Å². The van der Waals surface area contributed by atoms with Crippen LogP contribution in [0.15, 0.2) is 30.5 Å². The quantitative estimate of drug-likeness (QED) is 0.797. The number of carbonyl (C=O) groups is 1. The van der Waals surface area contributed by atoms with Gasteiger partial charge in [-0.25, -0.2) is 13.9 Å². The number of aromatic nitrogens is 3. The van der Waals surface area contributed by atoms with E-state index in [0.29, 0.717) is 18.5 Å². The number of carbonyl (C=O) groups excluding carboxylic acids is 1. The summed E-state index contributed by atoms with van der Waals surface area (Å²) in [7, 11) is 0. The van der Waals surface area contributed by atoms with Gasteiger partial charge < -0.3 is 15.7 Å². The molecule has 1 aromatic carbocycles. The van der Waals surface area contributed by atoms with Gasteiger partial charge in [0.1, 0.15) is 11.5 Å². The summed E-state index contributed by atoms with van der Waals surface area (Å²) < 4.78 is 15.1. The molecule has 0 radical (unpaired) electrons. The Morgan fingerprint density at radius 2 is 2.18 bits per heavy atom. The molecular formula is C14H16FN5O2. The van der Waals surface area contributed by atoms with Gasteiger partial charge in [0.2, 0.25) is 0 Å². The molecule has 116 valence electrons. The van der Waals surface area contributed by atoms with Gasteiger partial charge >= 0.3 is 6.03 Å². The lowest BCUT2D eigenvalue weighted by atomic mass is 9.90. The molecule has 0 aliphatic heterocycles. The standard InChI is InChI=1S/C14H16FN5O2/c15-12-3-1-2-4-13(12)17-14(22)16-7-9-8-20(19-18-9)10-5-11(21)6-10/h1-4,8,10-11,21H,5-7H2,(H2,16,17,22). The summed E-state index contributed by atoms with van der Waals surface area (Å²) in [4.78, 5) is 11.7. The van der Waals surface area contributed by atoms with Crippen molar-refractivity contribution in [1.82, 2.24) is 20.3 Å². The van der Waals surface area contributed by atoms with Crippen molar-refractivity contribution in [2.24, 2.45) is 0 Å². The highest BCUT2D eigenvalue weighted by molar-refractivity contribution is 5.89. The number of nitrogens with zero attached hydrogens (tertiary/aromatic N) is 3. The third-order valence-electron chi connectivity index (χ3n) is 3.57. The van der Waals surface area contributed by atoms with E-state index >= 15 is 0 Å². The average Bonchev–Trinajstić information content (AvgIpc) is 2.93. The largest absolute Gasteiger partial charge is 0.393 e. The number of urea groups is 1. The molecule has 0 bridgehead atoms. The van der Waals surface area contributed by atoms with Crippen LogP contribution in [-0.2, 0) is 6.54 Å². The van der Waals surface area contributed by atoms with E-state index in [0.717, 1.165) is 0 Å². The fourth-order valence-electron chi connectivity index (χ4n) is 2.25. The van der Waals surface area contributed by atoms with Gasteiger partial charge in [0, 0.05) is 0 Å². The Balaban J connectivity index is 1.50. The lowest BCUT2D eigenvalue weighted by Gasteiger charge is -2.30. The fraction of sp³-hybridized carbons (Fsp3) is 0.357. The molecule has 0 unspecified atom stereocenters. The molecule has 1 heterocycles. The Morgan fingerprint density at radius 1 is 1.41 bits per heavy atom. The zero-order valence-electron chi connectivity index (χ0n) is 11.7. The summed E-state index contributed by atoms with van der Waals surface area (Å²) in [5.41, 5.74) is 0.720. The molecule has 22 heavy (non-hydrogen) atoms. The first-order valence-corrected chi connectivity index (χ1v) is 7.00. The first kappa shape index (κ1) is 14.5. The molecule has 0 saturated heterocycles. The number of benzene rings is 1. The maximum absolute atomic E-state index is 13.4. The van der Waals surface area contributed by atoms with Crippen LogP contribution in [0.3, 0.4) is 0 Å². The minimum absolute atomic E-state index is 0.118. The van der Waals surface area contributed by atoms with E-state index in [1.54, 1.807) is 23.0 Å². The van der Waals surface area contributed by atoms with Gasteiger partial charge in [-0.15, -0.1) is 5.10 Å². The van der Waals surface area contributed by atoms with Gasteiger partial charge in [-0.3, -0.25) is 0 Å². The number of aliphatic hydroxyl groups is 1. The molecule has 1 saturated carbocycles. The number of rotatable bonds is 4. The first-order valence-electron chi connectivity index (χ1n) is 7.00. The maximum atomic E-state index is 13.4. The number of aliphatic hydroxyl groups excluding tert-OH is 1. The number of hydrogen-bond donors (Lipinski definition) is 3. The molecule has 3 N–H and O–H groups in total. The highest BCUT2D eigenvalue weighted by Gasteiger charge is 2.29. The summed E-state index contributed by atoms with van der Waals surface area (Å²) in [5.74, 6) is -0.493. The monoisotopic (exact) mass is 305 g/mol. The highest BCUT2D eigenvalue weighted by Crippen LogP contribution is 2.31. The predicted octanol–water partition coefficient (Wildman–Crippen LogP) is 1.43. The molecule has 0 atom stereocenters. The number of hydrogen-bond acceptors (Lipinski definition) is 4. The zero-order chi connectivity index (χ0) is 15.5. The Labute approximate surface area is 126 Å². The van der Waals surface area contributed by atoms with Crippen LogP contribution in [0.1, 0.15) is 24.6 Å². The van der Waals surface area contributed by atoms with E-state index in [-0.39, 0.29) is 24.4 Å². The van der Waals surface area contributed by atoms with Gasteiger partial charge in [-0.05, 0) is 25.0 Å². The van der Waals surface area contributed by atoms with E-state index in [9.17, 15) is 14.3 Å². The Hall–Kier alpha value is -2.48. The van der Waals surface area contributed by atoms with Crippen LogP contribution >= 0.6 is 0 Å². The molecule has 1 aliphatic carbocycles. The maximum Gasteiger partial charge on any atom is 0.319 e. The van der Waals surface area contributed by atoms with Gasteiger partial charge in [0.25, 0.3) is 0 Å². The van der Waals surface area contributed by atoms with E-state index in [1.807, 2.05) is 0 Å². The number of amides is 2. The highest BCUT2D eigenvalue weighted by atomic mass is 19.1. The van der Waals surface area contributed by atoms with Crippen LogP contribution < -0.4 is 10.6 Å². The molecule has 7 nitrogen and oxygen atoms in total. The van der Waals surface area contributed by atoms with E-state index < -0.39 is 11.8 Å². The second-order valence-corrected chi connectivity index (χ2v) is 5.26. The van der Waals surface area contributed by atoms with Crippen LogP contribution in [0.25, 0.3) is 0 Å². The second kappa shape index (κ2) is 6.10. The Kier molecular flexibility index (Phi) is 4.01. The number of nitrogens with one attached hydrogen (secondary N) is 2. The smallest absolute Gasteiger partial charge is 0.319 e. The summed E-state index contributed by atoms with van der Waals surface area (Å²) in [6, 6.07) is 5.59. The van der Waals surface area contributed by atoms with Crippen LogP contribution in [0.5, 0.6) is 0 Å². The lowest BCUT2D eigenvalue weighted by Crippen LogP contribution is -2.31.